The van der Waals surface area contributed by atoms with Gasteiger partial charge in [-0.2, -0.15) is 0 Å². The molecule has 2 aromatic heterocycles. The molecule has 2 heterocycles. The Kier molecular flexibility index (Phi) is 3.98. The lowest BCUT2D eigenvalue weighted by Gasteiger charge is -2.05. The van der Waals surface area contributed by atoms with E-state index < -0.39 is 0 Å². The quantitative estimate of drug-likeness (QED) is 0.775. The minimum atomic E-state index is -0.258. The number of aromatic nitrogens is 3. The van der Waals surface area contributed by atoms with E-state index >= 15 is 0 Å². The molecule has 3 rings (SSSR count). The number of H-pyrrole nitrogens is 1. The zero-order chi connectivity index (χ0) is 14.7. The topological polar surface area (TPSA) is 70.7 Å². The molecule has 0 aliphatic rings. The van der Waals surface area contributed by atoms with Crippen molar-refractivity contribution in [3.63, 3.8) is 0 Å². The summed E-state index contributed by atoms with van der Waals surface area (Å²) in [6, 6.07) is 11.1. The number of hydrogen-bond donors (Lipinski definition) is 2. The first-order chi connectivity index (χ1) is 10.2. The summed E-state index contributed by atoms with van der Waals surface area (Å²) in [7, 11) is 0. The van der Waals surface area contributed by atoms with Gasteiger partial charge in [-0.05, 0) is 29.1 Å². The lowest BCUT2D eigenvalue weighted by atomic mass is 10.2. The van der Waals surface area contributed by atoms with Crippen LogP contribution in [-0.2, 0) is 6.54 Å². The lowest BCUT2D eigenvalue weighted by molar-refractivity contribution is 0.933. The molecule has 106 valence electrons. The average Bonchev–Trinajstić information content (AvgIpc) is 3.01. The molecular formula is C14H11ClN4OS. The molecule has 3 aromatic rings. The average molecular weight is 319 g/mol. The molecule has 0 radical (unpaired) electrons. The van der Waals surface area contributed by atoms with Gasteiger partial charge in [-0.25, -0.2) is 0 Å². The number of benzene rings is 1. The smallest absolute Gasteiger partial charge is 0.279 e. The molecule has 7 heteroatoms. The van der Waals surface area contributed by atoms with Gasteiger partial charge in [-0.15, -0.1) is 21.5 Å². The molecule has 0 bridgehead atoms. The van der Waals surface area contributed by atoms with Crippen LogP contribution in [-0.4, -0.2) is 15.2 Å². The van der Waals surface area contributed by atoms with Crippen molar-refractivity contribution >= 4 is 28.9 Å². The molecule has 2 N–H and O–H groups in total. The second kappa shape index (κ2) is 6.07. The van der Waals surface area contributed by atoms with Gasteiger partial charge in [-0.1, -0.05) is 29.8 Å². The Hall–Kier alpha value is -2.18. The Morgan fingerprint density at radius 2 is 2.00 bits per heavy atom. The monoisotopic (exact) mass is 318 g/mol. The largest absolute Gasteiger partial charge is 0.350 e. The minimum Gasteiger partial charge on any atom is -0.350 e. The third-order valence-electron chi connectivity index (χ3n) is 2.82. The predicted molar refractivity (Wildman–Crippen MR) is 84.7 cm³/mol. The molecule has 0 saturated heterocycles. The Labute approximate surface area is 129 Å². The van der Waals surface area contributed by atoms with Gasteiger partial charge in [0.2, 0.25) is 5.95 Å². The van der Waals surface area contributed by atoms with Crippen molar-refractivity contribution in [1.82, 2.24) is 15.2 Å². The van der Waals surface area contributed by atoms with E-state index in [-0.39, 0.29) is 5.56 Å². The molecule has 0 atom stereocenters. The molecule has 0 unspecified atom stereocenters. The van der Waals surface area contributed by atoms with Crippen LogP contribution in [0.1, 0.15) is 5.56 Å². The van der Waals surface area contributed by atoms with Crippen molar-refractivity contribution in [2.75, 3.05) is 5.32 Å². The van der Waals surface area contributed by atoms with Crippen LogP contribution in [0.25, 0.3) is 10.6 Å². The fourth-order valence-corrected chi connectivity index (χ4v) is 2.61. The van der Waals surface area contributed by atoms with E-state index in [1.165, 1.54) is 11.3 Å². The number of aromatic amines is 1. The van der Waals surface area contributed by atoms with E-state index in [1.807, 2.05) is 41.8 Å². The van der Waals surface area contributed by atoms with Crippen LogP contribution in [0.2, 0.25) is 5.02 Å². The highest BCUT2D eigenvalue weighted by Crippen LogP contribution is 2.18. The summed E-state index contributed by atoms with van der Waals surface area (Å²) in [5.74, 6) is 0.343. The summed E-state index contributed by atoms with van der Waals surface area (Å²) in [6.07, 6.45) is 0. The normalized spacial score (nSPS) is 10.5. The van der Waals surface area contributed by atoms with E-state index in [1.54, 1.807) is 0 Å². The standard InChI is InChI=1S/C14H11ClN4OS/c15-10-5-3-9(4-6-10)8-16-14-17-13(20)12(18-19-14)11-2-1-7-21-11/h1-7H,8H2,(H2,16,17,19,20). The van der Waals surface area contributed by atoms with Crippen LogP contribution in [0.5, 0.6) is 0 Å². The number of nitrogens with zero attached hydrogens (tertiary/aromatic N) is 2. The van der Waals surface area contributed by atoms with Gasteiger partial charge < -0.3 is 5.32 Å². The Bertz CT molecular complexity index is 783. The van der Waals surface area contributed by atoms with Gasteiger partial charge in [0, 0.05) is 11.6 Å². The zero-order valence-corrected chi connectivity index (χ0v) is 12.4. The zero-order valence-electron chi connectivity index (χ0n) is 10.8. The molecular weight excluding hydrogens is 308 g/mol. The number of anilines is 1. The van der Waals surface area contributed by atoms with Gasteiger partial charge in [0.25, 0.3) is 5.56 Å². The predicted octanol–water partition coefficient (Wildman–Crippen LogP) is 3.16. The summed E-state index contributed by atoms with van der Waals surface area (Å²) in [4.78, 5) is 15.5. The van der Waals surface area contributed by atoms with Crippen LogP contribution in [0.4, 0.5) is 5.95 Å². The fraction of sp³-hybridized carbons (Fsp3) is 0.0714. The molecule has 0 fully saturated rings. The van der Waals surface area contributed by atoms with Crippen LogP contribution in [0.3, 0.4) is 0 Å². The molecule has 0 amide bonds. The Balaban J connectivity index is 1.74. The summed E-state index contributed by atoms with van der Waals surface area (Å²) in [5.41, 5.74) is 1.11. The molecule has 5 nitrogen and oxygen atoms in total. The fourth-order valence-electron chi connectivity index (χ4n) is 1.78. The van der Waals surface area contributed by atoms with Crippen LogP contribution < -0.4 is 10.9 Å². The van der Waals surface area contributed by atoms with Crippen LogP contribution >= 0.6 is 22.9 Å². The Morgan fingerprint density at radius 3 is 2.67 bits per heavy atom. The summed E-state index contributed by atoms with van der Waals surface area (Å²) in [5, 5.41) is 13.6. The van der Waals surface area contributed by atoms with Crippen LogP contribution in [0.15, 0.2) is 46.6 Å². The molecule has 0 spiro atoms. The van der Waals surface area contributed by atoms with Crippen molar-refractivity contribution < 1.29 is 0 Å². The lowest BCUT2D eigenvalue weighted by Crippen LogP contribution is -2.16. The first-order valence-corrected chi connectivity index (χ1v) is 7.47. The molecule has 0 aliphatic carbocycles. The van der Waals surface area contributed by atoms with Gasteiger partial charge in [0.05, 0.1) is 4.88 Å². The highest BCUT2D eigenvalue weighted by atomic mass is 35.5. The summed E-state index contributed by atoms with van der Waals surface area (Å²) < 4.78 is 0. The van der Waals surface area contributed by atoms with Crippen molar-refractivity contribution in [1.29, 1.82) is 0 Å². The second-order valence-electron chi connectivity index (χ2n) is 4.31. The third kappa shape index (κ3) is 3.29. The number of rotatable bonds is 4. The maximum absolute atomic E-state index is 12.0. The highest BCUT2D eigenvalue weighted by molar-refractivity contribution is 7.13. The van der Waals surface area contributed by atoms with E-state index in [2.05, 4.69) is 20.5 Å². The third-order valence-corrected chi connectivity index (χ3v) is 3.95. The summed E-state index contributed by atoms with van der Waals surface area (Å²) >= 11 is 7.28. The molecule has 1 aromatic carbocycles. The first kappa shape index (κ1) is 13.8. The minimum absolute atomic E-state index is 0.258. The van der Waals surface area contributed by atoms with Crippen molar-refractivity contribution in [2.24, 2.45) is 0 Å². The number of halogens is 1. The van der Waals surface area contributed by atoms with Crippen molar-refractivity contribution in [3.05, 3.63) is 62.7 Å². The van der Waals surface area contributed by atoms with Gasteiger partial charge >= 0.3 is 0 Å². The maximum Gasteiger partial charge on any atom is 0.279 e. The number of hydrogen-bond acceptors (Lipinski definition) is 5. The summed E-state index contributed by atoms with van der Waals surface area (Å²) in [6.45, 7) is 0.528. The van der Waals surface area contributed by atoms with E-state index in [0.29, 0.717) is 23.2 Å². The Morgan fingerprint density at radius 1 is 1.19 bits per heavy atom. The van der Waals surface area contributed by atoms with E-state index in [0.717, 1.165) is 10.4 Å². The van der Waals surface area contributed by atoms with E-state index in [4.69, 9.17) is 11.6 Å². The molecule has 21 heavy (non-hydrogen) atoms. The first-order valence-electron chi connectivity index (χ1n) is 6.21. The SMILES string of the molecule is O=c1[nH]c(NCc2ccc(Cl)cc2)nnc1-c1cccs1. The molecule has 0 saturated carbocycles. The molecule has 0 aliphatic heterocycles. The number of nitrogens with one attached hydrogen (secondary N) is 2. The maximum atomic E-state index is 12.0. The van der Waals surface area contributed by atoms with Gasteiger partial charge in [0.15, 0.2) is 5.69 Å². The van der Waals surface area contributed by atoms with Gasteiger partial charge in [-0.3, -0.25) is 9.78 Å². The second-order valence-corrected chi connectivity index (χ2v) is 5.69. The van der Waals surface area contributed by atoms with Crippen LogP contribution in [0, 0.1) is 0 Å². The van der Waals surface area contributed by atoms with E-state index in [9.17, 15) is 4.79 Å². The van der Waals surface area contributed by atoms with Crippen molar-refractivity contribution in [2.45, 2.75) is 6.54 Å². The number of thiophene rings is 1. The highest BCUT2D eigenvalue weighted by Gasteiger charge is 2.08. The van der Waals surface area contributed by atoms with Gasteiger partial charge in [0.1, 0.15) is 0 Å². The van der Waals surface area contributed by atoms with Crippen molar-refractivity contribution in [3.8, 4) is 10.6 Å².